The first-order valence-electron chi connectivity index (χ1n) is 12.2. The number of fused-ring (bicyclic) bond motifs is 3. The van der Waals surface area contributed by atoms with Crippen molar-refractivity contribution in [3.63, 3.8) is 0 Å². The van der Waals surface area contributed by atoms with Crippen LogP contribution in [-0.4, -0.2) is 59.8 Å². The molecule has 1 aromatic carbocycles. The second-order valence-electron chi connectivity index (χ2n) is 9.49. The Labute approximate surface area is 194 Å². The van der Waals surface area contributed by atoms with Crippen molar-refractivity contribution in [2.75, 3.05) is 25.0 Å². The van der Waals surface area contributed by atoms with Crippen LogP contribution in [0.2, 0.25) is 0 Å². The Morgan fingerprint density at radius 1 is 1.15 bits per heavy atom. The molecule has 3 heterocycles. The molecule has 2 amide bonds. The number of unbranched alkanes of at least 4 members (excludes halogenated alkanes) is 2. The van der Waals surface area contributed by atoms with E-state index in [0.29, 0.717) is 36.8 Å². The van der Waals surface area contributed by atoms with Gasteiger partial charge in [0.25, 0.3) is 0 Å². The van der Waals surface area contributed by atoms with E-state index in [0.717, 1.165) is 62.6 Å². The maximum Gasteiger partial charge on any atom is 0.236 e. The smallest absolute Gasteiger partial charge is 0.236 e. The molecule has 8 heteroatoms. The molecule has 4 unspecified atom stereocenters. The van der Waals surface area contributed by atoms with Crippen LogP contribution < -0.4 is 16.0 Å². The van der Waals surface area contributed by atoms with Crippen LogP contribution >= 0.6 is 0 Å². The van der Waals surface area contributed by atoms with Crippen LogP contribution in [0.5, 0.6) is 0 Å². The predicted molar refractivity (Wildman–Crippen MR) is 126 cm³/mol. The van der Waals surface area contributed by atoms with E-state index in [2.05, 4.69) is 25.8 Å². The number of ether oxygens (including phenoxy) is 1. The summed E-state index contributed by atoms with van der Waals surface area (Å²) in [6.07, 6.45) is 6.82. The highest BCUT2D eigenvalue weighted by Gasteiger charge is 2.42. The number of anilines is 1. The third kappa shape index (κ3) is 5.51. The molecule has 5 rings (SSSR count). The van der Waals surface area contributed by atoms with Gasteiger partial charge in [-0.2, -0.15) is 0 Å². The Morgan fingerprint density at radius 3 is 3.00 bits per heavy atom. The normalized spacial score (nSPS) is 27.1. The summed E-state index contributed by atoms with van der Waals surface area (Å²) in [5.41, 5.74) is 0.885. The Hall–Kier alpha value is -2.55. The van der Waals surface area contributed by atoms with E-state index in [-0.39, 0.29) is 18.1 Å². The first kappa shape index (κ1) is 22.3. The van der Waals surface area contributed by atoms with Crippen molar-refractivity contribution in [1.29, 1.82) is 0 Å². The molecule has 33 heavy (non-hydrogen) atoms. The first-order chi connectivity index (χ1) is 16.1. The average molecular weight is 452 g/mol. The minimum absolute atomic E-state index is 0.00927. The number of hydrogen-bond donors (Lipinski definition) is 3. The van der Waals surface area contributed by atoms with Crippen LogP contribution in [0.15, 0.2) is 36.4 Å². The molecule has 3 N–H and O–H groups in total. The lowest BCUT2D eigenvalue weighted by molar-refractivity contribution is -0.119. The maximum absolute atomic E-state index is 12.2. The quantitative estimate of drug-likeness (QED) is 0.534. The summed E-state index contributed by atoms with van der Waals surface area (Å²) in [6.45, 7) is 2.20. The minimum Gasteiger partial charge on any atom is -0.378 e. The molecule has 0 spiro atoms. The summed E-state index contributed by atoms with van der Waals surface area (Å²) < 4.78 is 6.17. The monoisotopic (exact) mass is 451 g/mol. The zero-order valence-corrected chi connectivity index (χ0v) is 19.0. The summed E-state index contributed by atoms with van der Waals surface area (Å²) in [5.74, 6) is 1.27. The van der Waals surface area contributed by atoms with Crippen molar-refractivity contribution < 1.29 is 14.3 Å². The summed E-state index contributed by atoms with van der Waals surface area (Å²) in [4.78, 5) is 30.6. The van der Waals surface area contributed by atoms with Gasteiger partial charge in [0.2, 0.25) is 11.8 Å². The molecule has 1 saturated carbocycles. The van der Waals surface area contributed by atoms with Crippen LogP contribution in [-0.2, 0) is 14.3 Å². The van der Waals surface area contributed by atoms with Crippen molar-refractivity contribution in [2.45, 2.75) is 63.4 Å². The van der Waals surface area contributed by atoms with Crippen molar-refractivity contribution >= 4 is 28.5 Å². The fourth-order valence-corrected chi connectivity index (χ4v) is 5.34. The maximum atomic E-state index is 12.2. The van der Waals surface area contributed by atoms with Gasteiger partial charge in [0, 0.05) is 31.0 Å². The largest absolute Gasteiger partial charge is 0.378 e. The van der Waals surface area contributed by atoms with Crippen molar-refractivity contribution in [3.8, 4) is 0 Å². The van der Waals surface area contributed by atoms with E-state index in [1.807, 2.05) is 36.4 Å². The number of nitrogens with one attached hydrogen (secondary N) is 3. The lowest BCUT2D eigenvalue weighted by atomic mass is 9.81. The summed E-state index contributed by atoms with van der Waals surface area (Å²) >= 11 is 0. The molecular formula is C25H33N5O3. The number of hydrogen-bond acceptors (Lipinski definition) is 6. The van der Waals surface area contributed by atoms with Gasteiger partial charge < -0.3 is 15.4 Å². The third-order valence-electron chi connectivity index (χ3n) is 7.05. The van der Waals surface area contributed by atoms with Gasteiger partial charge in [0.1, 0.15) is 12.1 Å². The number of amides is 2. The molecule has 3 aliphatic rings. The Kier molecular flexibility index (Phi) is 6.85. The van der Waals surface area contributed by atoms with Crippen LogP contribution in [0, 0.1) is 5.92 Å². The van der Waals surface area contributed by atoms with Gasteiger partial charge in [-0.25, -0.2) is 4.98 Å². The summed E-state index contributed by atoms with van der Waals surface area (Å²) in [6, 6.07) is 12.2. The van der Waals surface area contributed by atoms with Gasteiger partial charge in [-0.05, 0) is 56.2 Å². The van der Waals surface area contributed by atoms with Gasteiger partial charge >= 0.3 is 0 Å². The molecule has 3 fully saturated rings. The predicted octanol–water partition coefficient (Wildman–Crippen LogP) is 2.61. The number of carbonyl (C=O) groups is 2. The second kappa shape index (κ2) is 10.2. The van der Waals surface area contributed by atoms with Crippen molar-refractivity contribution in [1.82, 2.24) is 20.5 Å². The Bertz CT molecular complexity index is 999. The number of pyridine rings is 1. The van der Waals surface area contributed by atoms with E-state index >= 15 is 0 Å². The zero-order valence-electron chi connectivity index (χ0n) is 19.0. The molecule has 8 nitrogen and oxygen atoms in total. The average Bonchev–Trinajstić information content (AvgIpc) is 3.18. The molecule has 1 aromatic heterocycles. The van der Waals surface area contributed by atoms with E-state index < -0.39 is 0 Å². The van der Waals surface area contributed by atoms with E-state index in [1.165, 1.54) is 0 Å². The molecule has 0 bridgehead atoms. The fourth-order valence-electron chi connectivity index (χ4n) is 5.34. The van der Waals surface area contributed by atoms with Gasteiger partial charge in [-0.15, -0.1) is 0 Å². The van der Waals surface area contributed by atoms with Gasteiger partial charge in [-0.1, -0.05) is 24.6 Å². The molecule has 176 valence electrons. The highest BCUT2D eigenvalue weighted by atomic mass is 16.5. The summed E-state index contributed by atoms with van der Waals surface area (Å²) in [5, 5.41) is 10.6. The number of para-hydroxylation sites is 1. The highest BCUT2D eigenvalue weighted by molar-refractivity contribution is 5.91. The molecule has 1 aliphatic carbocycles. The van der Waals surface area contributed by atoms with Gasteiger partial charge in [0.15, 0.2) is 0 Å². The number of rotatable bonds is 8. The molecule has 2 aliphatic heterocycles. The SMILES string of the molecule is O=C(CCCCCOC1CCC2NC3NC(=O)CN3CC2C1)Nc1ccc2ccccc2n1. The highest BCUT2D eigenvalue weighted by Crippen LogP contribution is 2.31. The van der Waals surface area contributed by atoms with Crippen LogP contribution in [0.1, 0.15) is 44.9 Å². The van der Waals surface area contributed by atoms with Gasteiger partial charge in [0.05, 0.1) is 18.2 Å². The lowest BCUT2D eigenvalue weighted by Crippen LogP contribution is -2.62. The molecule has 2 aromatic rings. The number of carbonyl (C=O) groups excluding carboxylic acids is 2. The number of aromatic nitrogens is 1. The minimum atomic E-state index is 0.00927. The van der Waals surface area contributed by atoms with Gasteiger partial charge in [-0.3, -0.25) is 19.8 Å². The number of nitrogens with zero attached hydrogens (tertiary/aromatic N) is 2. The van der Waals surface area contributed by atoms with Crippen molar-refractivity contribution in [2.24, 2.45) is 5.92 Å². The lowest BCUT2D eigenvalue weighted by Gasteiger charge is -2.45. The molecule has 2 saturated heterocycles. The standard InChI is InChI=1S/C25H33N5O3/c31-23(28-22-12-9-17-6-3-4-7-20(17)26-22)8-2-1-5-13-33-19-10-11-21-18(14-19)15-30-16-24(32)29-25(30)27-21/h3-4,6-7,9,12,18-19,21,25,27H,1-2,5,8,10-11,13-16H2,(H,29,32)(H,26,28,31). The third-order valence-corrected chi connectivity index (χ3v) is 7.05. The second-order valence-corrected chi connectivity index (χ2v) is 9.49. The first-order valence-corrected chi connectivity index (χ1v) is 12.2. The fraction of sp³-hybridized carbons (Fsp3) is 0.560. The van der Waals surface area contributed by atoms with Crippen molar-refractivity contribution in [3.05, 3.63) is 36.4 Å². The number of benzene rings is 1. The van der Waals surface area contributed by atoms with E-state index in [1.54, 1.807) is 0 Å². The topological polar surface area (TPSA) is 95.6 Å². The Balaban J connectivity index is 0.962. The Morgan fingerprint density at radius 2 is 2.06 bits per heavy atom. The zero-order chi connectivity index (χ0) is 22.6. The van der Waals surface area contributed by atoms with E-state index in [9.17, 15) is 9.59 Å². The summed E-state index contributed by atoms with van der Waals surface area (Å²) in [7, 11) is 0. The van der Waals surface area contributed by atoms with E-state index in [4.69, 9.17) is 4.74 Å². The van der Waals surface area contributed by atoms with Crippen LogP contribution in [0.25, 0.3) is 10.9 Å². The van der Waals surface area contributed by atoms with Crippen LogP contribution in [0.4, 0.5) is 5.82 Å². The van der Waals surface area contributed by atoms with Crippen LogP contribution in [0.3, 0.4) is 0 Å². The molecule has 4 atom stereocenters. The molecular weight excluding hydrogens is 418 g/mol. The molecule has 0 radical (unpaired) electrons.